The molecule has 108 valence electrons. The standard InChI is InChI=1S/C16H23N3O/c1-18(2)14-5-3-4-6-15(14)19-10-9-12-7-8-13(17-20)11-16(12)19/h7-11,14-15,17,20H,3-6H2,1-2H3/t14-,15+/m1/s1. The summed E-state index contributed by atoms with van der Waals surface area (Å²) in [4.78, 5) is 2.35. The highest BCUT2D eigenvalue weighted by Gasteiger charge is 2.28. The summed E-state index contributed by atoms with van der Waals surface area (Å²) in [5, 5.41) is 10.3. The maximum Gasteiger partial charge on any atom is 0.0623 e. The predicted octanol–water partition coefficient (Wildman–Crippen LogP) is 3.49. The van der Waals surface area contributed by atoms with Gasteiger partial charge in [0, 0.05) is 18.3 Å². The molecule has 2 atom stereocenters. The van der Waals surface area contributed by atoms with E-state index in [-0.39, 0.29) is 0 Å². The third kappa shape index (κ3) is 2.30. The van der Waals surface area contributed by atoms with E-state index < -0.39 is 0 Å². The lowest BCUT2D eigenvalue weighted by Gasteiger charge is -2.37. The molecule has 1 aromatic carbocycles. The molecule has 1 heterocycles. The van der Waals surface area contributed by atoms with Crippen LogP contribution in [0, 0.1) is 0 Å². The summed E-state index contributed by atoms with van der Waals surface area (Å²) in [7, 11) is 4.35. The summed E-state index contributed by atoms with van der Waals surface area (Å²) in [5.74, 6) is 0. The molecular weight excluding hydrogens is 250 g/mol. The number of nitrogens with zero attached hydrogens (tertiary/aromatic N) is 2. The van der Waals surface area contributed by atoms with Crippen molar-refractivity contribution < 1.29 is 5.21 Å². The second-order valence-electron chi connectivity index (χ2n) is 5.99. The second kappa shape index (κ2) is 5.46. The van der Waals surface area contributed by atoms with Gasteiger partial charge in [-0.15, -0.1) is 0 Å². The number of benzene rings is 1. The third-order valence-electron chi connectivity index (χ3n) is 4.57. The van der Waals surface area contributed by atoms with Gasteiger partial charge >= 0.3 is 0 Å². The van der Waals surface area contributed by atoms with Gasteiger partial charge in [-0.2, -0.15) is 0 Å². The van der Waals surface area contributed by atoms with Crippen LogP contribution in [0.3, 0.4) is 0 Å². The van der Waals surface area contributed by atoms with Crippen molar-refractivity contribution in [1.82, 2.24) is 9.47 Å². The number of anilines is 1. The molecule has 0 spiro atoms. The van der Waals surface area contributed by atoms with Crippen molar-refractivity contribution in [2.75, 3.05) is 19.6 Å². The van der Waals surface area contributed by atoms with Crippen LogP contribution in [0.15, 0.2) is 30.5 Å². The van der Waals surface area contributed by atoms with Crippen molar-refractivity contribution in [3.8, 4) is 0 Å². The largest absolute Gasteiger partial charge is 0.343 e. The Morgan fingerprint density at radius 2 is 2.00 bits per heavy atom. The molecule has 0 radical (unpaired) electrons. The van der Waals surface area contributed by atoms with Crippen LogP contribution in [0.2, 0.25) is 0 Å². The Morgan fingerprint density at radius 3 is 2.75 bits per heavy atom. The van der Waals surface area contributed by atoms with Gasteiger partial charge < -0.3 is 9.47 Å². The van der Waals surface area contributed by atoms with E-state index in [1.165, 1.54) is 36.6 Å². The highest BCUT2D eigenvalue weighted by molar-refractivity contribution is 5.83. The van der Waals surface area contributed by atoms with Crippen LogP contribution in [0.4, 0.5) is 5.69 Å². The van der Waals surface area contributed by atoms with Crippen LogP contribution in [0.1, 0.15) is 31.7 Å². The fraction of sp³-hybridized carbons (Fsp3) is 0.500. The minimum Gasteiger partial charge on any atom is -0.343 e. The molecule has 4 heteroatoms. The SMILES string of the molecule is CN(C)[C@@H]1CCCC[C@@H]1n1ccc2ccc(NO)cc21. The number of hydrogen-bond donors (Lipinski definition) is 2. The van der Waals surface area contributed by atoms with E-state index in [1.54, 1.807) is 0 Å². The number of fused-ring (bicyclic) bond motifs is 1. The monoisotopic (exact) mass is 273 g/mol. The molecule has 0 bridgehead atoms. The molecule has 1 aliphatic rings. The normalized spacial score (nSPS) is 23.4. The molecule has 20 heavy (non-hydrogen) atoms. The molecule has 0 aliphatic heterocycles. The van der Waals surface area contributed by atoms with Crippen LogP contribution in [-0.2, 0) is 0 Å². The molecule has 2 N–H and O–H groups in total. The highest BCUT2D eigenvalue weighted by Crippen LogP contribution is 2.34. The van der Waals surface area contributed by atoms with E-state index in [9.17, 15) is 0 Å². The Labute approximate surface area is 120 Å². The lowest BCUT2D eigenvalue weighted by atomic mass is 9.89. The first-order chi connectivity index (χ1) is 9.70. The molecule has 1 saturated carbocycles. The quantitative estimate of drug-likeness (QED) is 0.841. The number of aromatic nitrogens is 1. The van der Waals surface area contributed by atoms with Crippen molar-refractivity contribution in [2.24, 2.45) is 0 Å². The maximum atomic E-state index is 9.11. The zero-order chi connectivity index (χ0) is 14.1. The van der Waals surface area contributed by atoms with Crippen molar-refractivity contribution in [3.05, 3.63) is 30.5 Å². The predicted molar refractivity (Wildman–Crippen MR) is 82.3 cm³/mol. The fourth-order valence-electron chi connectivity index (χ4n) is 3.53. The van der Waals surface area contributed by atoms with Crippen molar-refractivity contribution >= 4 is 16.6 Å². The number of hydrogen-bond acceptors (Lipinski definition) is 3. The molecule has 3 rings (SSSR count). The first-order valence-corrected chi connectivity index (χ1v) is 7.38. The lowest BCUT2D eigenvalue weighted by Crippen LogP contribution is -2.38. The van der Waals surface area contributed by atoms with Gasteiger partial charge in [-0.25, -0.2) is 0 Å². The molecule has 1 aromatic heterocycles. The van der Waals surface area contributed by atoms with Gasteiger partial charge in [0.15, 0.2) is 0 Å². The first-order valence-electron chi connectivity index (χ1n) is 7.38. The van der Waals surface area contributed by atoms with Gasteiger partial charge in [0.05, 0.1) is 11.2 Å². The average molecular weight is 273 g/mol. The van der Waals surface area contributed by atoms with E-state index >= 15 is 0 Å². The molecule has 0 unspecified atom stereocenters. The van der Waals surface area contributed by atoms with E-state index in [2.05, 4.69) is 47.4 Å². The lowest BCUT2D eigenvalue weighted by molar-refractivity contribution is 0.162. The molecule has 0 amide bonds. The van der Waals surface area contributed by atoms with E-state index in [4.69, 9.17) is 5.21 Å². The Hall–Kier alpha value is -1.52. The molecule has 0 saturated heterocycles. The smallest absolute Gasteiger partial charge is 0.0623 e. The summed E-state index contributed by atoms with van der Waals surface area (Å²) in [6, 6.07) is 9.25. The summed E-state index contributed by atoms with van der Waals surface area (Å²) in [6.07, 6.45) is 7.30. The van der Waals surface area contributed by atoms with Gasteiger partial charge in [0.1, 0.15) is 0 Å². The minimum absolute atomic E-state index is 0.519. The van der Waals surface area contributed by atoms with Crippen LogP contribution < -0.4 is 5.48 Å². The van der Waals surface area contributed by atoms with Crippen LogP contribution in [0.5, 0.6) is 0 Å². The van der Waals surface area contributed by atoms with Crippen molar-refractivity contribution in [2.45, 2.75) is 37.8 Å². The molecule has 4 nitrogen and oxygen atoms in total. The van der Waals surface area contributed by atoms with Crippen molar-refractivity contribution in [3.63, 3.8) is 0 Å². The zero-order valence-corrected chi connectivity index (χ0v) is 12.2. The summed E-state index contributed by atoms with van der Waals surface area (Å²) < 4.78 is 2.39. The number of likely N-dealkylation sites (N-methyl/N-ethyl adjacent to an activating group) is 1. The Morgan fingerprint density at radius 1 is 1.20 bits per heavy atom. The van der Waals surface area contributed by atoms with Gasteiger partial charge in [-0.1, -0.05) is 18.9 Å². The molecule has 1 aliphatic carbocycles. The van der Waals surface area contributed by atoms with Gasteiger partial charge in [0.25, 0.3) is 0 Å². The van der Waals surface area contributed by atoms with Crippen molar-refractivity contribution in [1.29, 1.82) is 0 Å². The van der Waals surface area contributed by atoms with E-state index in [0.717, 1.165) is 5.69 Å². The van der Waals surface area contributed by atoms with E-state index in [1.807, 2.05) is 12.1 Å². The number of rotatable bonds is 3. The summed E-state index contributed by atoms with van der Waals surface area (Å²) in [6.45, 7) is 0. The Balaban J connectivity index is 2.03. The Kier molecular flexibility index (Phi) is 3.68. The second-order valence-corrected chi connectivity index (χ2v) is 5.99. The third-order valence-corrected chi connectivity index (χ3v) is 4.57. The first kappa shape index (κ1) is 13.5. The Bertz CT molecular complexity index is 590. The van der Waals surface area contributed by atoms with Gasteiger partial charge in [0.2, 0.25) is 0 Å². The highest BCUT2D eigenvalue weighted by atomic mass is 16.5. The number of nitrogens with one attached hydrogen (secondary N) is 1. The average Bonchev–Trinajstić information content (AvgIpc) is 2.89. The van der Waals surface area contributed by atoms with E-state index in [0.29, 0.717) is 12.1 Å². The molecule has 2 aromatic rings. The van der Waals surface area contributed by atoms with Crippen LogP contribution in [-0.4, -0.2) is 34.8 Å². The summed E-state index contributed by atoms with van der Waals surface area (Å²) in [5.41, 5.74) is 4.19. The molecule has 1 fully saturated rings. The van der Waals surface area contributed by atoms with Crippen LogP contribution >= 0.6 is 0 Å². The minimum atomic E-state index is 0.519. The fourth-order valence-corrected chi connectivity index (χ4v) is 3.53. The van der Waals surface area contributed by atoms with Crippen LogP contribution in [0.25, 0.3) is 10.9 Å². The maximum absolute atomic E-state index is 9.11. The van der Waals surface area contributed by atoms with Gasteiger partial charge in [-0.3, -0.25) is 10.7 Å². The van der Waals surface area contributed by atoms with Gasteiger partial charge in [-0.05, 0) is 50.5 Å². The zero-order valence-electron chi connectivity index (χ0n) is 12.2. The summed E-state index contributed by atoms with van der Waals surface area (Å²) >= 11 is 0. The molecular formula is C16H23N3O. The topological polar surface area (TPSA) is 40.4 Å².